The van der Waals surface area contributed by atoms with E-state index in [1.165, 1.54) is 0 Å². The Morgan fingerprint density at radius 3 is 2.50 bits per heavy atom. The van der Waals surface area contributed by atoms with Crippen LogP contribution in [0.5, 0.6) is 0 Å². The van der Waals surface area contributed by atoms with Crippen molar-refractivity contribution in [2.45, 2.75) is 0 Å². The third-order valence-electron chi connectivity index (χ3n) is 2.77. The summed E-state index contributed by atoms with van der Waals surface area (Å²) in [6.45, 7) is 0. The second kappa shape index (κ2) is 4.78. The van der Waals surface area contributed by atoms with Gasteiger partial charge in [-0.1, -0.05) is 34.1 Å². The van der Waals surface area contributed by atoms with Gasteiger partial charge in [-0.3, -0.25) is 4.98 Å². The van der Waals surface area contributed by atoms with Crippen LogP contribution < -0.4 is 5.32 Å². The Kier molecular flexibility index (Phi) is 2.99. The van der Waals surface area contributed by atoms with E-state index in [0.717, 1.165) is 26.8 Å². The zero-order valence-corrected chi connectivity index (χ0v) is 11.2. The molecule has 0 radical (unpaired) electrons. The molecule has 0 unspecified atom stereocenters. The Hall–Kier alpha value is -1.87. The van der Waals surface area contributed by atoms with Gasteiger partial charge in [0.1, 0.15) is 0 Å². The van der Waals surface area contributed by atoms with E-state index in [4.69, 9.17) is 0 Å². The predicted octanol–water partition coefficient (Wildman–Crippen LogP) is 4.74. The van der Waals surface area contributed by atoms with Gasteiger partial charge >= 0.3 is 0 Å². The van der Waals surface area contributed by atoms with Gasteiger partial charge in [0.15, 0.2) is 0 Å². The summed E-state index contributed by atoms with van der Waals surface area (Å²) in [5.74, 6) is 0. The summed E-state index contributed by atoms with van der Waals surface area (Å²) in [6, 6.07) is 18.2. The quantitative estimate of drug-likeness (QED) is 0.739. The molecule has 18 heavy (non-hydrogen) atoms. The van der Waals surface area contributed by atoms with Crippen LogP contribution in [0.3, 0.4) is 0 Å². The van der Waals surface area contributed by atoms with E-state index in [-0.39, 0.29) is 0 Å². The lowest BCUT2D eigenvalue weighted by molar-refractivity contribution is 1.40. The average Bonchev–Trinajstić information content (AvgIpc) is 2.42. The molecule has 0 bridgehead atoms. The highest BCUT2D eigenvalue weighted by Crippen LogP contribution is 2.25. The molecule has 0 aliphatic carbocycles. The molecular formula is C15H11BrN2. The van der Waals surface area contributed by atoms with Crippen LogP contribution in [-0.2, 0) is 0 Å². The van der Waals surface area contributed by atoms with Gasteiger partial charge in [0.05, 0.1) is 5.52 Å². The molecule has 0 atom stereocenters. The molecule has 0 saturated carbocycles. The molecule has 0 aliphatic rings. The maximum Gasteiger partial charge on any atom is 0.0722 e. The van der Waals surface area contributed by atoms with Crippen molar-refractivity contribution in [3.05, 3.63) is 65.3 Å². The number of hydrogen-bond donors (Lipinski definition) is 1. The van der Waals surface area contributed by atoms with E-state index in [9.17, 15) is 0 Å². The molecule has 0 amide bonds. The lowest BCUT2D eigenvalue weighted by Gasteiger charge is -2.09. The molecule has 0 saturated heterocycles. The van der Waals surface area contributed by atoms with Gasteiger partial charge < -0.3 is 5.32 Å². The smallest absolute Gasteiger partial charge is 0.0722 e. The number of benzene rings is 2. The van der Waals surface area contributed by atoms with Crippen LogP contribution in [0.15, 0.2) is 65.3 Å². The van der Waals surface area contributed by atoms with Crippen molar-refractivity contribution in [2.75, 3.05) is 5.32 Å². The minimum atomic E-state index is 1.000. The SMILES string of the molecule is Brc1ccc(Nc2ccnc3ccccc23)cc1. The van der Waals surface area contributed by atoms with Gasteiger partial charge in [-0.25, -0.2) is 0 Å². The van der Waals surface area contributed by atoms with Crippen LogP contribution in [0.2, 0.25) is 0 Å². The molecule has 0 aliphatic heterocycles. The number of para-hydroxylation sites is 1. The summed E-state index contributed by atoms with van der Waals surface area (Å²) in [5, 5.41) is 4.54. The number of nitrogens with zero attached hydrogens (tertiary/aromatic N) is 1. The van der Waals surface area contributed by atoms with E-state index in [1.54, 1.807) is 0 Å². The highest BCUT2D eigenvalue weighted by Gasteiger charge is 2.01. The molecule has 3 heteroatoms. The molecule has 1 aromatic heterocycles. The summed E-state index contributed by atoms with van der Waals surface area (Å²) in [4.78, 5) is 4.35. The number of pyridine rings is 1. The monoisotopic (exact) mass is 298 g/mol. The standard InChI is InChI=1S/C15H11BrN2/c16-11-5-7-12(8-6-11)18-15-9-10-17-14-4-2-1-3-13(14)15/h1-10H,(H,17,18). The number of halogens is 1. The van der Waals surface area contributed by atoms with Crippen LogP contribution in [0.25, 0.3) is 10.9 Å². The first-order chi connectivity index (χ1) is 8.83. The van der Waals surface area contributed by atoms with Crippen molar-refractivity contribution in [2.24, 2.45) is 0 Å². The first kappa shape index (κ1) is 11.2. The summed E-state index contributed by atoms with van der Waals surface area (Å²) >= 11 is 3.43. The highest BCUT2D eigenvalue weighted by atomic mass is 79.9. The zero-order chi connectivity index (χ0) is 12.4. The topological polar surface area (TPSA) is 24.9 Å². The number of anilines is 2. The number of nitrogens with one attached hydrogen (secondary N) is 1. The molecule has 3 aromatic rings. The molecule has 1 heterocycles. The van der Waals surface area contributed by atoms with Crippen molar-refractivity contribution in [3.8, 4) is 0 Å². The molecular weight excluding hydrogens is 288 g/mol. The zero-order valence-electron chi connectivity index (χ0n) is 9.60. The average molecular weight is 299 g/mol. The van der Waals surface area contributed by atoms with E-state index in [0.29, 0.717) is 0 Å². The Morgan fingerprint density at radius 2 is 1.67 bits per heavy atom. The van der Waals surface area contributed by atoms with E-state index < -0.39 is 0 Å². The molecule has 3 rings (SSSR count). The summed E-state index contributed by atoms with van der Waals surface area (Å²) < 4.78 is 1.08. The minimum Gasteiger partial charge on any atom is -0.355 e. The van der Waals surface area contributed by atoms with Crippen molar-refractivity contribution < 1.29 is 0 Å². The normalized spacial score (nSPS) is 10.5. The molecule has 0 fully saturated rings. The predicted molar refractivity (Wildman–Crippen MR) is 79.2 cm³/mol. The van der Waals surface area contributed by atoms with Crippen LogP contribution >= 0.6 is 15.9 Å². The maximum absolute atomic E-state index is 4.35. The fourth-order valence-corrected chi connectivity index (χ4v) is 2.16. The Balaban J connectivity index is 2.02. The molecule has 2 nitrogen and oxygen atoms in total. The van der Waals surface area contributed by atoms with Crippen molar-refractivity contribution in [1.82, 2.24) is 4.98 Å². The van der Waals surface area contributed by atoms with Crippen molar-refractivity contribution in [3.63, 3.8) is 0 Å². The van der Waals surface area contributed by atoms with Gasteiger partial charge in [-0.15, -0.1) is 0 Å². The third-order valence-corrected chi connectivity index (χ3v) is 3.30. The molecule has 88 valence electrons. The lowest BCUT2D eigenvalue weighted by atomic mass is 10.2. The van der Waals surface area contributed by atoms with Crippen LogP contribution in [0.1, 0.15) is 0 Å². The van der Waals surface area contributed by atoms with Gasteiger partial charge in [0, 0.05) is 27.4 Å². The molecule has 2 aromatic carbocycles. The van der Waals surface area contributed by atoms with Crippen LogP contribution in [-0.4, -0.2) is 4.98 Å². The number of hydrogen-bond acceptors (Lipinski definition) is 2. The van der Waals surface area contributed by atoms with Gasteiger partial charge in [-0.2, -0.15) is 0 Å². The second-order valence-electron chi connectivity index (χ2n) is 4.01. The fraction of sp³-hybridized carbons (Fsp3) is 0. The Bertz CT molecular complexity index is 672. The van der Waals surface area contributed by atoms with Gasteiger partial charge in [-0.05, 0) is 36.4 Å². The third kappa shape index (κ3) is 2.22. The first-order valence-electron chi connectivity index (χ1n) is 5.69. The summed E-state index contributed by atoms with van der Waals surface area (Å²) in [5.41, 5.74) is 3.14. The van der Waals surface area contributed by atoms with E-state index in [2.05, 4.69) is 32.3 Å². The fourth-order valence-electron chi connectivity index (χ4n) is 1.89. The highest BCUT2D eigenvalue weighted by molar-refractivity contribution is 9.10. The van der Waals surface area contributed by atoms with E-state index >= 15 is 0 Å². The minimum absolute atomic E-state index is 1.000. The van der Waals surface area contributed by atoms with Crippen LogP contribution in [0.4, 0.5) is 11.4 Å². The van der Waals surface area contributed by atoms with E-state index in [1.807, 2.05) is 54.7 Å². The number of aromatic nitrogens is 1. The lowest BCUT2D eigenvalue weighted by Crippen LogP contribution is -1.92. The maximum atomic E-state index is 4.35. The number of rotatable bonds is 2. The number of fused-ring (bicyclic) bond motifs is 1. The van der Waals surface area contributed by atoms with Crippen LogP contribution in [0, 0.1) is 0 Å². The summed E-state index contributed by atoms with van der Waals surface area (Å²) in [6.07, 6.45) is 1.82. The second-order valence-corrected chi connectivity index (χ2v) is 4.92. The summed E-state index contributed by atoms with van der Waals surface area (Å²) in [7, 11) is 0. The Morgan fingerprint density at radius 1 is 0.889 bits per heavy atom. The molecule has 0 spiro atoms. The van der Waals surface area contributed by atoms with Crippen molar-refractivity contribution >= 4 is 38.2 Å². The first-order valence-corrected chi connectivity index (χ1v) is 6.48. The van der Waals surface area contributed by atoms with Crippen molar-refractivity contribution in [1.29, 1.82) is 0 Å². The molecule has 1 N–H and O–H groups in total. The van der Waals surface area contributed by atoms with Gasteiger partial charge in [0.2, 0.25) is 0 Å². The van der Waals surface area contributed by atoms with Gasteiger partial charge in [0.25, 0.3) is 0 Å². The Labute approximate surface area is 114 Å². The largest absolute Gasteiger partial charge is 0.355 e.